The maximum absolute atomic E-state index is 12.0. The van der Waals surface area contributed by atoms with Crippen LogP contribution in [0.4, 0.5) is 0 Å². The van der Waals surface area contributed by atoms with Crippen molar-refractivity contribution in [3.63, 3.8) is 0 Å². The van der Waals surface area contributed by atoms with Gasteiger partial charge in [0.1, 0.15) is 12.4 Å². The predicted molar refractivity (Wildman–Crippen MR) is 76.2 cm³/mol. The van der Waals surface area contributed by atoms with E-state index in [0.717, 1.165) is 19.9 Å². The molecule has 2 aromatic heterocycles. The number of nitrogens with zero attached hydrogens (tertiary/aromatic N) is 1. The molecule has 0 aliphatic carbocycles. The zero-order valence-corrected chi connectivity index (χ0v) is 13.3. The second kappa shape index (κ2) is 5.88. The Kier molecular flexibility index (Phi) is 4.42. The van der Waals surface area contributed by atoms with Gasteiger partial charge in [-0.2, -0.15) is 0 Å². The second-order valence-electron chi connectivity index (χ2n) is 4.27. The molecule has 4 nitrogen and oxygen atoms in total. The quantitative estimate of drug-likeness (QED) is 0.788. The molecule has 2 heterocycles. The first-order valence-electron chi connectivity index (χ1n) is 5.82. The van der Waals surface area contributed by atoms with E-state index in [1.165, 1.54) is 0 Å². The first-order valence-corrected chi connectivity index (χ1v) is 7.43. The highest BCUT2D eigenvalue weighted by Gasteiger charge is 2.24. The number of esters is 1. The summed E-state index contributed by atoms with van der Waals surface area (Å²) in [7, 11) is 0. The van der Waals surface area contributed by atoms with E-state index < -0.39 is 0 Å². The average molecular weight is 344 g/mol. The number of aromatic nitrogens is 1. The number of hydrogen-bond donors (Lipinski definition) is 0. The molecular weight excluding hydrogens is 330 g/mol. The van der Waals surface area contributed by atoms with E-state index in [9.17, 15) is 4.79 Å². The third-order valence-electron chi connectivity index (χ3n) is 2.86. The van der Waals surface area contributed by atoms with Crippen molar-refractivity contribution in [1.29, 1.82) is 0 Å². The van der Waals surface area contributed by atoms with E-state index in [4.69, 9.17) is 9.26 Å². The molecule has 0 unspecified atom stereocenters. The van der Waals surface area contributed by atoms with Gasteiger partial charge in [-0.05, 0) is 48.8 Å². The first kappa shape index (κ1) is 14.3. The molecule has 0 fully saturated rings. The number of rotatable bonds is 4. The number of carbonyl (C=O) groups is 1. The highest BCUT2D eigenvalue weighted by atomic mass is 79.9. The molecular formula is C13H14BrNO3S. The minimum Gasteiger partial charge on any atom is -0.460 e. The summed E-state index contributed by atoms with van der Waals surface area (Å²) in [5, 5.41) is 3.85. The highest BCUT2D eigenvalue weighted by Crippen LogP contribution is 2.26. The summed E-state index contributed by atoms with van der Waals surface area (Å²) >= 11 is 4.93. The summed E-state index contributed by atoms with van der Waals surface area (Å²) in [6.45, 7) is 5.73. The third-order valence-corrected chi connectivity index (χ3v) is 4.46. The number of halogens is 1. The van der Waals surface area contributed by atoms with Crippen molar-refractivity contribution in [1.82, 2.24) is 5.16 Å². The number of ether oxygens (including phenoxy) is 1. The Morgan fingerprint density at radius 1 is 1.53 bits per heavy atom. The summed E-state index contributed by atoms with van der Waals surface area (Å²) in [6, 6.07) is 3.87. The first-order chi connectivity index (χ1) is 8.99. The van der Waals surface area contributed by atoms with Crippen molar-refractivity contribution in [3.05, 3.63) is 37.8 Å². The zero-order valence-electron chi connectivity index (χ0n) is 10.9. The molecule has 2 rings (SSSR count). The van der Waals surface area contributed by atoms with Gasteiger partial charge in [0.25, 0.3) is 0 Å². The molecule has 0 saturated heterocycles. The lowest BCUT2D eigenvalue weighted by Crippen LogP contribution is -2.14. The van der Waals surface area contributed by atoms with E-state index in [-0.39, 0.29) is 11.9 Å². The van der Waals surface area contributed by atoms with Gasteiger partial charge >= 0.3 is 5.97 Å². The number of hydrogen-bond acceptors (Lipinski definition) is 5. The van der Waals surface area contributed by atoms with Crippen LogP contribution in [-0.2, 0) is 16.1 Å². The fourth-order valence-corrected chi connectivity index (χ4v) is 3.32. The molecule has 0 amide bonds. The van der Waals surface area contributed by atoms with Crippen molar-refractivity contribution in [2.45, 2.75) is 33.3 Å². The second-order valence-corrected chi connectivity index (χ2v) is 6.82. The SMILES string of the molecule is Cc1noc(C)c1[C@H](C)C(=O)OCc1ccc(Br)s1. The Morgan fingerprint density at radius 2 is 2.26 bits per heavy atom. The largest absolute Gasteiger partial charge is 0.460 e. The fraction of sp³-hybridized carbons (Fsp3) is 0.385. The normalized spacial score (nSPS) is 12.4. The minimum atomic E-state index is -0.366. The van der Waals surface area contributed by atoms with Gasteiger partial charge in [-0.3, -0.25) is 4.79 Å². The number of carbonyl (C=O) groups excluding carboxylic acids is 1. The van der Waals surface area contributed by atoms with E-state index >= 15 is 0 Å². The Labute approximate surface area is 123 Å². The maximum atomic E-state index is 12.0. The van der Waals surface area contributed by atoms with E-state index in [0.29, 0.717) is 12.4 Å². The van der Waals surface area contributed by atoms with Crippen molar-refractivity contribution in [3.8, 4) is 0 Å². The summed E-state index contributed by atoms with van der Waals surface area (Å²) in [5.74, 6) is 0.0365. The lowest BCUT2D eigenvalue weighted by molar-refractivity contribution is -0.146. The molecule has 0 spiro atoms. The minimum absolute atomic E-state index is 0.265. The van der Waals surface area contributed by atoms with Crippen LogP contribution in [0.3, 0.4) is 0 Å². The molecule has 0 N–H and O–H groups in total. The van der Waals surface area contributed by atoms with Crippen molar-refractivity contribution in [2.75, 3.05) is 0 Å². The molecule has 0 aliphatic heterocycles. The van der Waals surface area contributed by atoms with Crippen LogP contribution in [0.5, 0.6) is 0 Å². The summed E-state index contributed by atoms with van der Waals surface area (Å²) in [6.07, 6.45) is 0. The van der Waals surface area contributed by atoms with Gasteiger partial charge in [-0.25, -0.2) is 0 Å². The van der Waals surface area contributed by atoms with E-state index in [1.807, 2.05) is 19.1 Å². The molecule has 1 atom stereocenters. The highest BCUT2D eigenvalue weighted by molar-refractivity contribution is 9.11. The van der Waals surface area contributed by atoms with Crippen LogP contribution < -0.4 is 0 Å². The Morgan fingerprint density at radius 3 is 2.79 bits per heavy atom. The van der Waals surface area contributed by atoms with E-state index in [1.54, 1.807) is 25.2 Å². The Bertz CT molecular complexity index is 571. The maximum Gasteiger partial charge on any atom is 0.313 e. The van der Waals surface area contributed by atoms with Crippen molar-refractivity contribution >= 4 is 33.2 Å². The van der Waals surface area contributed by atoms with Gasteiger partial charge in [-0.1, -0.05) is 5.16 Å². The van der Waals surface area contributed by atoms with Gasteiger partial charge in [0.05, 0.1) is 15.4 Å². The topological polar surface area (TPSA) is 52.3 Å². The lowest BCUT2D eigenvalue weighted by Gasteiger charge is -2.10. The molecule has 2 aromatic rings. The molecule has 102 valence electrons. The van der Waals surface area contributed by atoms with Gasteiger partial charge in [0.15, 0.2) is 0 Å². The zero-order chi connectivity index (χ0) is 14.0. The monoisotopic (exact) mass is 343 g/mol. The molecule has 0 aromatic carbocycles. The number of aryl methyl sites for hydroxylation is 2. The van der Waals surface area contributed by atoms with Crippen LogP contribution in [-0.4, -0.2) is 11.1 Å². The van der Waals surface area contributed by atoms with Crippen LogP contribution in [0.1, 0.15) is 34.7 Å². The molecule has 0 radical (unpaired) electrons. The molecule has 6 heteroatoms. The third kappa shape index (κ3) is 3.25. The smallest absolute Gasteiger partial charge is 0.313 e. The van der Waals surface area contributed by atoms with Gasteiger partial charge < -0.3 is 9.26 Å². The van der Waals surface area contributed by atoms with Crippen LogP contribution in [0.25, 0.3) is 0 Å². The van der Waals surface area contributed by atoms with Crippen LogP contribution in [0, 0.1) is 13.8 Å². The average Bonchev–Trinajstić information content (AvgIpc) is 2.92. The standard InChI is InChI=1S/C13H14BrNO3S/c1-7(12-8(2)15-18-9(12)3)13(16)17-6-10-4-5-11(14)19-10/h4-5,7H,6H2,1-3H3/t7-/m0/s1. The summed E-state index contributed by atoms with van der Waals surface area (Å²) < 4.78 is 11.4. The fourth-order valence-electron chi connectivity index (χ4n) is 1.92. The van der Waals surface area contributed by atoms with Crippen LogP contribution in [0.15, 0.2) is 20.4 Å². The van der Waals surface area contributed by atoms with Crippen molar-refractivity contribution < 1.29 is 14.1 Å². The lowest BCUT2D eigenvalue weighted by atomic mass is 10.00. The summed E-state index contributed by atoms with van der Waals surface area (Å²) in [4.78, 5) is 13.0. The molecule has 19 heavy (non-hydrogen) atoms. The predicted octanol–water partition coefficient (Wildman–Crippen LogP) is 3.96. The van der Waals surface area contributed by atoms with Crippen molar-refractivity contribution in [2.24, 2.45) is 0 Å². The molecule has 0 bridgehead atoms. The van der Waals surface area contributed by atoms with Gasteiger partial charge in [0, 0.05) is 10.4 Å². The Balaban J connectivity index is 2.00. The van der Waals surface area contributed by atoms with Gasteiger partial charge in [0.2, 0.25) is 0 Å². The van der Waals surface area contributed by atoms with E-state index in [2.05, 4.69) is 21.1 Å². The van der Waals surface area contributed by atoms with Crippen LogP contribution in [0.2, 0.25) is 0 Å². The Hall–Kier alpha value is -1.14. The summed E-state index contributed by atoms with van der Waals surface area (Å²) in [5.41, 5.74) is 1.55. The molecule has 0 aliphatic rings. The van der Waals surface area contributed by atoms with Crippen LogP contribution >= 0.6 is 27.3 Å². The molecule has 0 saturated carbocycles. The number of thiophene rings is 1. The van der Waals surface area contributed by atoms with Gasteiger partial charge in [-0.15, -0.1) is 11.3 Å².